The molecule has 0 bridgehead atoms. The van der Waals surface area contributed by atoms with Crippen molar-refractivity contribution in [3.05, 3.63) is 16.6 Å². The molecule has 1 heterocycles. The number of thiol groups is 1. The molecule has 1 aromatic rings. The van der Waals surface area contributed by atoms with Gasteiger partial charge in [-0.05, 0) is 25.0 Å². The highest BCUT2D eigenvalue weighted by Gasteiger charge is 2.22. The van der Waals surface area contributed by atoms with Crippen LogP contribution >= 0.6 is 24.2 Å². The van der Waals surface area contributed by atoms with Gasteiger partial charge in [-0.3, -0.25) is 0 Å². The molecule has 0 amide bonds. The van der Waals surface area contributed by atoms with Crippen LogP contribution in [0.5, 0.6) is 0 Å². The molecule has 0 aliphatic heterocycles. The van der Waals surface area contributed by atoms with E-state index in [0.717, 1.165) is 10.6 Å². The van der Waals surface area contributed by atoms with Gasteiger partial charge in [0.25, 0.3) is 0 Å². The number of rotatable bonds is 0. The van der Waals surface area contributed by atoms with Gasteiger partial charge in [0, 0.05) is 0 Å². The molecule has 1 aromatic heterocycles. The third kappa shape index (κ3) is 1.37. The number of nitrogens with two attached hydrogens (primary N) is 2. The number of nitrogens with zero attached hydrogens (tertiary/aromatic N) is 2. The molecule has 0 radical (unpaired) electrons. The maximum atomic E-state index is 5.87. The molecule has 6 heteroatoms. The highest BCUT2D eigenvalue weighted by molar-refractivity contribution is 7.79. The largest absolute Gasteiger partial charge is 0.375 e. The van der Waals surface area contributed by atoms with Crippen molar-refractivity contribution in [3.63, 3.8) is 0 Å². The van der Waals surface area contributed by atoms with E-state index in [9.17, 15) is 0 Å². The van der Waals surface area contributed by atoms with Crippen LogP contribution in [0, 0.1) is 0 Å². The summed E-state index contributed by atoms with van der Waals surface area (Å²) in [4.78, 5) is 5.14. The Morgan fingerprint density at radius 2 is 2.31 bits per heavy atom. The Bertz CT molecular complexity index is 393. The van der Waals surface area contributed by atoms with Crippen molar-refractivity contribution in [2.24, 2.45) is 10.1 Å². The highest BCUT2D eigenvalue weighted by Crippen LogP contribution is 2.30. The SMILES string of the molecule is Nc1nc2c(s1)C=CC(=NS)C2N. The lowest BCUT2D eigenvalue weighted by atomic mass is 10.0. The third-order valence-corrected chi connectivity index (χ3v) is 2.93. The van der Waals surface area contributed by atoms with Crippen LogP contribution in [0.25, 0.3) is 6.08 Å². The van der Waals surface area contributed by atoms with E-state index in [1.807, 2.05) is 12.2 Å². The van der Waals surface area contributed by atoms with Gasteiger partial charge in [-0.1, -0.05) is 11.3 Å². The van der Waals surface area contributed by atoms with Crippen molar-refractivity contribution < 1.29 is 0 Å². The zero-order valence-corrected chi connectivity index (χ0v) is 8.35. The first kappa shape index (κ1) is 8.74. The van der Waals surface area contributed by atoms with Gasteiger partial charge in [-0.2, -0.15) is 0 Å². The Labute approximate surface area is 84.9 Å². The van der Waals surface area contributed by atoms with Gasteiger partial charge in [0.05, 0.1) is 22.3 Å². The van der Waals surface area contributed by atoms with Gasteiger partial charge in [-0.15, -0.1) is 0 Å². The fourth-order valence-corrected chi connectivity index (χ4v) is 2.18. The summed E-state index contributed by atoms with van der Waals surface area (Å²) in [6.45, 7) is 0. The van der Waals surface area contributed by atoms with Gasteiger partial charge in [0.1, 0.15) is 0 Å². The molecule has 0 fully saturated rings. The number of fused-ring (bicyclic) bond motifs is 1. The van der Waals surface area contributed by atoms with E-state index >= 15 is 0 Å². The minimum absolute atomic E-state index is 0.300. The highest BCUT2D eigenvalue weighted by atomic mass is 32.1. The fraction of sp³-hybridized carbons (Fsp3) is 0.143. The molecule has 0 saturated heterocycles. The van der Waals surface area contributed by atoms with Crippen molar-refractivity contribution >= 4 is 41.1 Å². The number of hydrogen-bond acceptors (Lipinski definition) is 6. The van der Waals surface area contributed by atoms with Gasteiger partial charge in [0.15, 0.2) is 5.13 Å². The molecule has 1 atom stereocenters. The zero-order chi connectivity index (χ0) is 9.42. The summed E-state index contributed by atoms with van der Waals surface area (Å²) >= 11 is 5.25. The number of nitrogen functional groups attached to an aromatic ring is 1. The second-order valence-electron chi connectivity index (χ2n) is 2.64. The van der Waals surface area contributed by atoms with Crippen molar-refractivity contribution in [2.75, 3.05) is 5.73 Å². The van der Waals surface area contributed by atoms with E-state index < -0.39 is 0 Å². The monoisotopic (exact) mass is 212 g/mol. The Morgan fingerprint density at radius 1 is 1.54 bits per heavy atom. The number of thiazole rings is 1. The minimum Gasteiger partial charge on any atom is -0.375 e. The molecular formula is C7H8N4S2. The van der Waals surface area contributed by atoms with E-state index in [1.165, 1.54) is 11.3 Å². The first-order chi connectivity index (χ1) is 6.22. The quantitative estimate of drug-likeness (QED) is 0.562. The summed E-state index contributed by atoms with van der Waals surface area (Å²) in [6.07, 6.45) is 3.74. The lowest BCUT2D eigenvalue weighted by molar-refractivity contribution is 0.919. The molecule has 1 aliphatic carbocycles. The van der Waals surface area contributed by atoms with Crippen molar-refractivity contribution in [1.29, 1.82) is 0 Å². The number of aromatic nitrogens is 1. The molecule has 4 nitrogen and oxygen atoms in total. The molecule has 13 heavy (non-hydrogen) atoms. The summed E-state index contributed by atoms with van der Waals surface area (Å²) in [6, 6.07) is -0.300. The fourth-order valence-electron chi connectivity index (χ4n) is 1.20. The van der Waals surface area contributed by atoms with Crippen molar-refractivity contribution in [3.8, 4) is 0 Å². The molecular weight excluding hydrogens is 204 g/mol. The van der Waals surface area contributed by atoms with Gasteiger partial charge in [0.2, 0.25) is 0 Å². The topological polar surface area (TPSA) is 77.3 Å². The maximum Gasteiger partial charge on any atom is 0.180 e. The van der Waals surface area contributed by atoms with Crippen molar-refractivity contribution in [2.45, 2.75) is 6.04 Å². The lowest BCUT2D eigenvalue weighted by Crippen LogP contribution is -2.22. The zero-order valence-electron chi connectivity index (χ0n) is 6.64. The van der Waals surface area contributed by atoms with Crippen LogP contribution in [-0.4, -0.2) is 10.7 Å². The first-order valence-electron chi connectivity index (χ1n) is 3.64. The molecule has 2 rings (SSSR count). The Hall–Kier alpha value is -0.850. The van der Waals surface area contributed by atoms with Gasteiger partial charge >= 0.3 is 0 Å². The van der Waals surface area contributed by atoms with Crippen LogP contribution in [0.4, 0.5) is 5.13 Å². The second kappa shape index (κ2) is 3.13. The van der Waals surface area contributed by atoms with E-state index in [0.29, 0.717) is 10.8 Å². The average Bonchev–Trinajstić information content (AvgIpc) is 2.47. The predicted molar refractivity (Wildman–Crippen MR) is 58.9 cm³/mol. The summed E-state index contributed by atoms with van der Waals surface area (Å²) in [5, 5.41) is 0.533. The van der Waals surface area contributed by atoms with Crippen LogP contribution < -0.4 is 11.5 Å². The van der Waals surface area contributed by atoms with Crippen LogP contribution in [0.3, 0.4) is 0 Å². The average molecular weight is 212 g/mol. The Morgan fingerprint density at radius 3 is 3.00 bits per heavy atom. The van der Waals surface area contributed by atoms with Crippen LogP contribution in [0.2, 0.25) is 0 Å². The van der Waals surface area contributed by atoms with Crippen LogP contribution in [0.15, 0.2) is 10.5 Å². The molecule has 0 saturated carbocycles. The van der Waals surface area contributed by atoms with Gasteiger partial charge in [-0.25, -0.2) is 9.38 Å². The van der Waals surface area contributed by atoms with Crippen molar-refractivity contribution in [1.82, 2.24) is 4.98 Å². The number of anilines is 1. The predicted octanol–water partition coefficient (Wildman–Crippen LogP) is 1.04. The smallest absolute Gasteiger partial charge is 0.180 e. The number of hydrogen-bond donors (Lipinski definition) is 3. The van der Waals surface area contributed by atoms with E-state index in [2.05, 4.69) is 22.2 Å². The maximum absolute atomic E-state index is 5.87. The molecule has 4 N–H and O–H groups in total. The summed E-state index contributed by atoms with van der Waals surface area (Å²) in [7, 11) is 0. The second-order valence-corrected chi connectivity index (χ2v) is 3.90. The molecule has 0 spiro atoms. The normalized spacial score (nSPS) is 23.5. The summed E-state index contributed by atoms with van der Waals surface area (Å²) in [5.41, 5.74) is 12.9. The Balaban J connectivity index is 2.53. The standard InChI is InChI=1S/C7H8N4S2/c8-5-3(11-12)1-2-4-6(5)10-7(9)13-4/h1-2,5,12H,8H2,(H2,9,10). The van der Waals surface area contributed by atoms with E-state index in [4.69, 9.17) is 11.5 Å². The minimum atomic E-state index is -0.300. The third-order valence-electron chi connectivity index (χ3n) is 1.83. The van der Waals surface area contributed by atoms with E-state index in [1.54, 1.807) is 0 Å². The molecule has 0 aromatic carbocycles. The van der Waals surface area contributed by atoms with Crippen LogP contribution in [0.1, 0.15) is 16.6 Å². The molecule has 1 aliphatic rings. The summed E-state index contributed by atoms with van der Waals surface area (Å²) < 4.78 is 3.76. The van der Waals surface area contributed by atoms with Gasteiger partial charge < -0.3 is 11.5 Å². The van der Waals surface area contributed by atoms with Crippen LogP contribution in [-0.2, 0) is 0 Å². The molecule has 1 unspecified atom stereocenters. The summed E-state index contributed by atoms with van der Waals surface area (Å²) in [5.74, 6) is 0. The molecule has 68 valence electrons. The first-order valence-corrected chi connectivity index (χ1v) is 4.86. The lowest BCUT2D eigenvalue weighted by Gasteiger charge is -2.13. The Kier molecular flexibility index (Phi) is 2.10. The van der Waals surface area contributed by atoms with E-state index in [-0.39, 0.29) is 6.04 Å².